The van der Waals surface area contributed by atoms with Gasteiger partial charge in [0.15, 0.2) is 0 Å². The quantitative estimate of drug-likeness (QED) is 0.896. The SMILES string of the molecule is CC(C)CNCc1ccnc(N2CCC(C(C)(C)C)C2)c1. The molecule has 0 amide bonds. The zero-order valence-electron chi connectivity index (χ0n) is 14.3. The number of rotatable bonds is 5. The van der Waals surface area contributed by atoms with Crippen molar-refractivity contribution in [2.75, 3.05) is 24.5 Å². The number of hydrogen-bond acceptors (Lipinski definition) is 3. The fourth-order valence-electron chi connectivity index (χ4n) is 2.92. The number of anilines is 1. The van der Waals surface area contributed by atoms with Gasteiger partial charge in [0, 0.05) is 25.8 Å². The molecule has 1 aromatic heterocycles. The topological polar surface area (TPSA) is 28.2 Å². The van der Waals surface area contributed by atoms with E-state index in [1.165, 1.54) is 12.0 Å². The van der Waals surface area contributed by atoms with E-state index in [4.69, 9.17) is 0 Å². The first-order valence-corrected chi connectivity index (χ1v) is 8.27. The standard InChI is InChI=1S/C18H31N3/c1-14(2)11-19-12-15-6-8-20-17(10-15)21-9-7-16(13-21)18(3,4)5/h6,8,10,14,16,19H,7,9,11-13H2,1-5H3. The van der Waals surface area contributed by atoms with Crippen molar-refractivity contribution in [1.82, 2.24) is 10.3 Å². The number of nitrogens with one attached hydrogen (secondary N) is 1. The van der Waals surface area contributed by atoms with Gasteiger partial charge in [0.1, 0.15) is 5.82 Å². The molecule has 118 valence electrons. The molecule has 1 aromatic rings. The Balaban J connectivity index is 1.95. The molecule has 1 N–H and O–H groups in total. The smallest absolute Gasteiger partial charge is 0.128 e. The molecule has 1 aliphatic heterocycles. The highest BCUT2D eigenvalue weighted by atomic mass is 15.2. The number of aromatic nitrogens is 1. The Morgan fingerprint density at radius 3 is 2.76 bits per heavy atom. The van der Waals surface area contributed by atoms with Crippen LogP contribution in [0.2, 0.25) is 0 Å². The molecule has 0 saturated carbocycles. The van der Waals surface area contributed by atoms with E-state index < -0.39 is 0 Å². The molecular weight excluding hydrogens is 258 g/mol. The molecule has 3 heteroatoms. The second kappa shape index (κ2) is 6.78. The lowest BCUT2D eigenvalue weighted by Gasteiger charge is -2.27. The molecule has 0 aromatic carbocycles. The van der Waals surface area contributed by atoms with Gasteiger partial charge in [0.25, 0.3) is 0 Å². The average Bonchev–Trinajstić information content (AvgIpc) is 2.88. The van der Waals surface area contributed by atoms with Crippen LogP contribution in [0.25, 0.3) is 0 Å². The number of nitrogens with zero attached hydrogens (tertiary/aromatic N) is 2. The van der Waals surface area contributed by atoms with E-state index in [1.807, 2.05) is 6.20 Å². The first-order valence-electron chi connectivity index (χ1n) is 8.27. The molecule has 0 aliphatic carbocycles. The molecule has 1 aliphatic rings. The molecular formula is C18H31N3. The number of hydrogen-bond donors (Lipinski definition) is 1. The lowest BCUT2D eigenvalue weighted by Crippen LogP contribution is -2.26. The maximum atomic E-state index is 4.58. The van der Waals surface area contributed by atoms with E-state index in [0.29, 0.717) is 11.3 Å². The Hall–Kier alpha value is -1.09. The molecule has 0 radical (unpaired) electrons. The van der Waals surface area contributed by atoms with Crippen molar-refractivity contribution >= 4 is 5.82 Å². The van der Waals surface area contributed by atoms with Gasteiger partial charge in [-0.15, -0.1) is 0 Å². The highest BCUT2D eigenvalue weighted by Crippen LogP contribution is 2.35. The van der Waals surface area contributed by atoms with Gasteiger partial charge in [0.05, 0.1) is 0 Å². The summed E-state index contributed by atoms with van der Waals surface area (Å²) in [4.78, 5) is 7.03. The molecule has 2 rings (SSSR count). The maximum Gasteiger partial charge on any atom is 0.128 e. The zero-order valence-corrected chi connectivity index (χ0v) is 14.3. The van der Waals surface area contributed by atoms with E-state index in [9.17, 15) is 0 Å². The second-order valence-electron chi connectivity index (χ2n) is 7.84. The summed E-state index contributed by atoms with van der Waals surface area (Å²) in [5.74, 6) is 2.60. The van der Waals surface area contributed by atoms with Crippen molar-refractivity contribution < 1.29 is 0 Å². The Morgan fingerprint density at radius 1 is 1.38 bits per heavy atom. The van der Waals surface area contributed by atoms with Crippen LogP contribution in [0.1, 0.15) is 46.6 Å². The molecule has 2 heterocycles. The molecule has 1 fully saturated rings. The summed E-state index contributed by atoms with van der Waals surface area (Å²) in [6.07, 6.45) is 3.23. The van der Waals surface area contributed by atoms with Gasteiger partial charge >= 0.3 is 0 Å². The van der Waals surface area contributed by atoms with E-state index in [1.54, 1.807) is 0 Å². The van der Waals surface area contributed by atoms with Crippen LogP contribution < -0.4 is 10.2 Å². The van der Waals surface area contributed by atoms with Crippen LogP contribution >= 0.6 is 0 Å². The minimum Gasteiger partial charge on any atom is -0.356 e. The summed E-state index contributed by atoms with van der Waals surface area (Å²) in [5.41, 5.74) is 1.73. The van der Waals surface area contributed by atoms with Crippen LogP contribution in [0.15, 0.2) is 18.3 Å². The molecule has 1 unspecified atom stereocenters. The Kier molecular flexibility index (Phi) is 5.26. The summed E-state index contributed by atoms with van der Waals surface area (Å²) in [5, 5.41) is 3.51. The summed E-state index contributed by atoms with van der Waals surface area (Å²) in [6, 6.07) is 4.37. The van der Waals surface area contributed by atoms with Crippen LogP contribution in [0.4, 0.5) is 5.82 Å². The van der Waals surface area contributed by atoms with Crippen molar-refractivity contribution in [2.24, 2.45) is 17.3 Å². The fraction of sp³-hybridized carbons (Fsp3) is 0.722. The van der Waals surface area contributed by atoms with Gasteiger partial charge < -0.3 is 10.2 Å². The minimum atomic E-state index is 0.394. The highest BCUT2D eigenvalue weighted by Gasteiger charge is 2.32. The second-order valence-corrected chi connectivity index (χ2v) is 7.84. The normalized spacial score (nSPS) is 19.5. The fourth-order valence-corrected chi connectivity index (χ4v) is 2.92. The van der Waals surface area contributed by atoms with E-state index in [-0.39, 0.29) is 0 Å². The Bertz CT molecular complexity index is 448. The van der Waals surface area contributed by atoms with E-state index in [2.05, 4.69) is 62.0 Å². The first kappa shape index (κ1) is 16.3. The zero-order chi connectivity index (χ0) is 15.5. The van der Waals surface area contributed by atoms with E-state index >= 15 is 0 Å². The highest BCUT2D eigenvalue weighted by molar-refractivity contribution is 5.42. The first-order chi connectivity index (χ1) is 9.86. The van der Waals surface area contributed by atoms with Gasteiger partial charge in [-0.3, -0.25) is 0 Å². The summed E-state index contributed by atoms with van der Waals surface area (Å²) in [7, 11) is 0. The lowest BCUT2D eigenvalue weighted by molar-refractivity contribution is 0.263. The van der Waals surface area contributed by atoms with Gasteiger partial charge in [-0.2, -0.15) is 0 Å². The molecule has 21 heavy (non-hydrogen) atoms. The largest absolute Gasteiger partial charge is 0.356 e. The molecule has 3 nitrogen and oxygen atoms in total. The average molecular weight is 289 g/mol. The van der Waals surface area contributed by atoms with Crippen LogP contribution in [0.3, 0.4) is 0 Å². The third-order valence-electron chi connectivity index (χ3n) is 4.43. The number of pyridine rings is 1. The third-order valence-corrected chi connectivity index (χ3v) is 4.43. The van der Waals surface area contributed by atoms with Gasteiger partial charge in [-0.05, 0) is 47.9 Å². The Morgan fingerprint density at radius 2 is 2.14 bits per heavy atom. The Labute approximate surface area is 130 Å². The monoisotopic (exact) mass is 289 g/mol. The van der Waals surface area contributed by atoms with Gasteiger partial charge in [-0.1, -0.05) is 34.6 Å². The van der Waals surface area contributed by atoms with Crippen molar-refractivity contribution in [3.63, 3.8) is 0 Å². The molecule has 0 spiro atoms. The van der Waals surface area contributed by atoms with Crippen molar-refractivity contribution in [3.05, 3.63) is 23.9 Å². The van der Waals surface area contributed by atoms with Crippen LogP contribution in [-0.2, 0) is 6.54 Å². The third kappa shape index (κ3) is 4.70. The van der Waals surface area contributed by atoms with Crippen LogP contribution in [0.5, 0.6) is 0 Å². The van der Waals surface area contributed by atoms with Crippen molar-refractivity contribution in [2.45, 2.75) is 47.6 Å². The molecule has 0 bridgehead atoms. The maximum absolute atomic E-state index is 4.58. The van der Waals surface area contributed by atoms with Crippen molar-refractivity contribution in [3.8, 4) is 0 Å². The summed E-state index contributed by atoms with van der Waals surface area (Å²) < 4.78 is 0. The molecule has 1 saturated heterocycles. The minimum absolute atomic E-state index is 0.394. The summed E-state index contributed by atoms with van der Waals surface area (Å²) in [6.45, 7) is 15.8. The van der Waals surface area contributed by atoms with Crippen molar-refractivity contribution in [1.29, 1.82) is 0 Å². The lowest BCUT2D eigenvalue weighted by atomic mass is 9.80. The predicted octanol–water partition coefficient (Wildman–Crippen LogP) is 3.70. The van der Waals surface area contributed by atoms with Gasteiger partial charge in [-0.25, -0.2) is 4.98 Å². The molecule has 1 atom stereocenters. The van der Waals surface area contributed by atoms with Crippen LogP contribution in [-0.4, -0.2) is 24.6 Å². The van der Waals surface area contributed by atoms with E-state index in [0.717, 1.165) is 37.9 Å². The summed E-state index contributed by atoms with van der Waals surface area (Å²) >= 11 is 0. The van der Waals surface area contributed by atoms with Crippen LogP contribution in [0, 0.1) is 17.3 Å². The predicted molar refractivity (Wildman–Crippen MR) is 90.6 cm³/mol. The van der Waals surface area contributed by atoms with Gasteiger partial charge in [0.2, 0.25) is 0 Å².